The number of piperazine rings is 1. The monoisotopic (exact) mass is 586 g/mol. The highest BCUT2D eigenvalue weighted by Crippen LogP contribution is 2.33. The number of carboxylic acids is 2. The number of rotatable bonds is 9. The zero-order valence-corrected chi connectivity index (χ0v) is 21.7. The standard InChI is InChI=1S/C22H25ClN6O4.C2HF3O2/c23-16-5-4-14(33-10-2-1-3-18(30)31)11-17(16)25-12-15-19-20(28-22(15)32)26-13-27-21(19)29-8-6-24-7-9-29;3-2(4,5)1(6)7/h4-5,11-13,24,32H,1-3,6-10H2,(H,30,31)(H,26,27,28);(H,6,7). The van der Waals surface area contributed by atoms with Crippen molar-refractivity contribution in [2.75, 3.05) is 37.7 Å². The normalized spacial score (nSPS) is 13.8. The summed E-state index contributed by atoms with van der Waals surface area (Å²) >= 11 is 6.32. The van der Waals surface area contributed by atoms with Gasteiger partial charge in [-0.25, -0.2) is 14.8 Å². The van der Waals surface area contributed by atoms with Crippen LogP contribution in [0, 0.1) is 0 Å². The Morgan fingerprint density at radius 3 is 2.52 bits per heavy atom. The zero-order chi connectivity index (χ0) is 29.3. The topological polar surface area (TPSA) is 173 Å². The lowest BCUT2D eigenvalue weighted by Crippen LogP contribution is -2.44. The van der Waals surface area contributed by atoms with Crippen LogP contribution in [0.15, 0.2) is 29.5 Å². The predicted molar refractivity (Wildman–Crippen MR) is 140 cm³/mol. The van der Waals surface area contributed by atoms with Crippen LogP contribution in [0.25, 0.3) is 11.0 Å². The van der Waals surface area contributed by atoms with E-state index in [0.29, 0.717) is 52.5 Å². The number of anilines is 1. The second-order valence-corrected chi connectivity index (χ2v) is 8.83. The van der Waals surface area contributed by atoms with Gasteiger partial charge < -0.3 is 35.3 Å². The molecule has 40 heavy (non-hydrogen) atoms. The average molecular weight is 587 g/mol. The van der Waals surface area contributed by atoms with E-state index in [-0.39, 0.29) is 12.3 Å². The van der Waals surface area contributed by atoms with Crippen molar-refractivity contribution in [3.63, 3.8) is 0 Å². The molecule has 1 fully saturated rings. The van der Waals surface area contributed by atoms with Crippen LogP contribution in [-0.2, 0) is 9.59 Å². The van der Waals surface area contributed by atoms with Crippen molar-refractivity contribution < 1.29 is 42.8 Å². The van der Waals surface area contributed by atoms with Crippen LogP contribution in [0.4, 0.5) is 24.7 Å². The number of fused-ring (bicyclic) bond motifs is 1. The van der Waals surface area contributed by atoms with E-state index in [4.69, 9.17) is 31.3 Å². The molecule has 16 heteroatoms. The number of nitrogens with one attached hydrogen (secondary N) is 2. The first-order valence-electron chi connectivity index (χ1n) is 12.0. The number of aromatic hydroxyl groups is 1. The minimum absolute atomic E-state index is 0.0485. The van der Waals surface area contributed by atoms with Gasteiger partial charge in [-0.05, 0) is 25.0 Å². The number of hydrogen-bond donors (Lipinski definition) is 5. The van der Waals surface area contributed by atoms with Crippen molar-refractivity contribution in [1.29, 1.82) is 0 Å². The molecule has 5 N–H and O–H groups in total. The van der Waals surface area contributed by atoms with Gasteiger partial charge in [-0.2, -0.15) is 13.2 Å². The molecule has 1 aromatic carbocycles. The summed E-state index contributed by atoms with van der Waals surface area (Å²) in [7, 11) is 0. The molecule has 1 aliphatic heterocycles. The van der Waals surface area contributed by atoms with Crippen molar-refractivity contribution in [2.45, 2.75) is 25.4 Å². The van der Waals surface area contributed by atoms with Crippen molar-refractivity contribution in [1.82, 2.24) is 20.3 Å². The van der Waals surface area contributed by atoms with E-state index in [1.807, 2.05) is 0 Å². The lowest BCUT2D eigenvalue weighted by Gasteiger charge is -2.28. The highest BCUT2D eigenvalue weighted by atomic mass is 35.5. The van der Waals surface area contributed by atoms with E-state index in [2.05, 4.69) is 30.2 Å². The Bertz CT molecular complexity index is 1360. The maximum atomic E-state index is 10.6. The molecule has 0 amide bonds. The lowest BCUT2D eigenvalue weighted by atomic mass is 10.2. The minimum atomic E-state index is -5.08. The largest absolute Gasteiger partial charge is 0.494 e. The molecule has 0 aliphatic carbocycles. The fraction of sp³-hybridized carbons (Fsp3) is 0.375. The van der Waals surface area contributed by atoms with Gasteiger partial charge in [0, 0.05) is 44.9 Å². The Morgan fingerprint density at radius 1 is 1.18 bits per heavy atom. The molecule has 0 spiro atoms. The number of benzene rings is 1. The molecular weight excluding hydrogens is 561 g/mol. The van der Waals surface area contributed by atoms with Gasteiger partial charge in [0.1, 0.15) is 23.5 Å². The van der Waals surface area contributed by atoms with E-state index in [1.54, 1.807) is 24.4 Å². The molecule has 0 saturated carbocycles. The van der Waals surface area contributed by atoms with E-state index in [9.17, 15) is 23.1 Å². The molecule has 0 bridgehead atoms. The first-order valence-corrected chi connectivity index (χ1v) is 12.3. The van der Waals surface area contributed by atoms with Crippen LogP contribution < -0.4 is 15.0 Å². The first-order chi connectivity index (χ1) is 19.0. The Labute approximate surface area is 230 Å². The Hall–Kier alpha value is -4.11. The number of nitrogens with zero attached hydrogens (tertiary/aromatic N) is 4. The third-order valence-electron chi connectivity index (χ3n) is 5.55. The maximum absolute atomic E-state index is 10.6. The number of ether oxygens (including phenoxy) is 1. The summed E-state index contributed by atoms with van der Waals surface area (Å²) in [5.41, 5.74) is 1.49. The van der Waals surface area contributed by atoms with Crippen molar-refractivity contribution in [3.8, 4) is 11.6 Å². The third-order valence-corrected chi connectivity index (χ3v) is 5.87. The number of aromatic amines is 1. The number of aliphatic carboxylic acids is 2. The summed E-state index contributed by atoms with van der Waals surface area (Å²) in [4.78, 5) is 37.7. The smallest absolute Gasteiger partial charge is 0.490 e. The van der Waals surface area contributed by atoms with Gasteiger partial charge in [0.15, 0.2) is 5.88 Å². The number of H-pyrrole nitrogens is 1. The van der Waals surface area contributed by atoms with E-state index in [1.165, 1.54) is 6.33 Å². The first kappa shape index (κ1) is 30.4. The molecular formula is C24H26ClF3N6O6. The second kappa shape index (κ2) is 13.8. The maximum Gasteiger partial charge on any atom is 0.490 e. The zero-order valence-electron chi connectivity index (χ0n) is 20.9. The highest BCUT2D eigenvalue weighted by molar-refractivity contribution is 6.33. The number of unbranched alkanes of at least 4 members (excludes halogenated alkanes) is 1. The fourth-order valence-corrected chi connectivity index (χ4v) is 3.81. The van der Waals surface area contributed by atoms with Gasteiger partial charge in [-0.15, -0.1) is 0 Å². The molecule has 0 atom stereocenters. The van der Waals surface area contributed by atoms with Gasteiger partial charge in [0.25, 0.3) is 0 Å². The molecule has 3 aromatic rings. The molecule has 3 heterocycles. The number of carboxylic acid groups (broad SMARTS) is 2. The molecule has 0 radical (unpaired) electrons. The van der Waals surface area contributed by atoms with Gasteiger partial charge >= 0.3 is 18.1 Å². The molecule has 0 unspecified atom stereocenters. The second-order valence-electron chi connectivity index (χ2n) is 8.42. The van der Waals surface area contributed by atoms with E-state index < -0.39 is 18.1 Å². The molecule has 2 aromatic heterocycles. The fourth-order valence-electron chi connectivity index (χ4n) is 3.64. The van der Waals surface area contributed by atoms with Crippen molar-refractivity contribution in [2.24, 2.45) is 4.99 Å². The van der Waals surface area contributed by atoms with Crippen LogP contribution in [-0.4, -0.2) is 87.4 Å². The summed E-state index contributed by atoms with van der Waals surface area (Å²) in [6, 6.07) is 5.12. The number of halogens is 4. The number of aromatic nitrogens is 3. The summed E-state index contributed by atoms with van der Waals surface area (Å²) in [6.07, 6.45) is -0.768. The Morgan fingerprint density at radius 2 is 1.88 bits per heavy atom. The molecule has 216 valence electrons. The molecule has 4 rings (SSSR count). The summed E-state index contributed by atoms with van der Waals surface area (Å²) < 4.78 is 37.4. The van der Waals surface area contributed by atoms with Crippen LogP contribution in [0.5, 0.6) is 11.6 Å². The molecule has 1 aliphatic rings. The Balaban J connectivity index is 0.000000559. The minimum Gasteiger partial charge on any atom is -0.494 e. The highest BCUT2D eigenvalue weighted by Gasteiger charge is 2.38. The van der Waals surface area contributed by atoms with Gasteiger partial charge in [0.05, 0.1) is 28.3 Å². The predicted octanol–water partition coefficient (Wildman–Crippen LogP) is 3.74. The number of alkyl halides is 3. The van der Waals surface area contributed by atoms with Gasteiger partial charge in [0.2, 0.25) is 0 Å². The molecule has 1 saturated heterocycles. The third kappa shape index (κ3) is 8.44. The number of hydrogen-bond acceptors (Lipinski definition) is 9. The van der Waals surface area contributed by atoms with Crippen molar-refractivity contribution in [3.05, 3.63) is 35.1 Å². The summed E-state index contributed by atoms with van der Waals surface area (Å²) in [5, 5.41) is 30.8. The SMILES string of the molecule is O=C(O)C(F)(F)F.O=C(O)CCCCOc1ccc(Cl)c(N=Cc2c(O)[nH]c3ncnc(N4CCNCC4)c23)c1. The van der Waals surface area contributed by atoms with Crippen LogP contribution in [0.2, 0.25) is 5.02 Å². The Kier molecular flexibility index (Phi) is 10.5. The van der Waals surface area contributed by atoms with Gasteiger partial charge in [-0.1, -0.05) is 11.6 Å². The van der Waals surface area contributed by atoms with Crippen LogP contribution in [0.1, 0.15) is 24.8 Å². The summed E-state index contributed by atoms with van der Waals surface area (Å²) in [6.45, 7) is 3.69. The van der Waals surface area contributed by atoms with Crippen LogP contribution in [0.3, 0.4) is 0 Å². The lowest BCUT2D eigenvalue weighted by molar-refractivity contribution is -0.192. The quantitative estimate of drug-likeness (QED) is 0.183. The number of aliphatic imine (C=N–C) groups is 1. The number of carbonyl (C=O) groups is 2. The summed E-state index contributed by atoms with van der Waals surface area (Å²) in [5.74, 6) is -2.30. The van der Waals surface area contributed by atoms with Gasteiger partial charge in [-0.3, -0.25) is 9.79 Å². The average Bonchev–Trinajstić information content (AvgIpc) is 3.23. The van der Waals surface area contributed by atoms with E-state index in [0.717, 1.165) is 32.0 Å². The molecule has 12 nitrogen and oxygen atoms in total. The van der Waals surface area contributed by atoms with Crippen LogP contribution >= 0.6 is 11.6 Å². The van der Waals surface area contributed by atoms with E-state index >= 15 is 0 Å². The van der Waals surface area contributed by atoms with Crippen molar-refractivity contribution >= 4 is 52.3 Å².